The van der Waals surface area contributed by atoms with Crippen LogP contribution in [0.1, 0.15) is 51.9 Å². The fraction of sp³-hybridized carbons (Fsp3) is 1.00. The first-order valence-corrected chi connectivity index (χ1v) is 9.12. The number of rotatable bonds is 4. The number of nitrogens with one attached hydrogen (secondary N) is 1. The highest BCUT2D eigenvalue weighted by atomic mass is 16.6. The predicted octanol–water partition coefficient (Wildman–Crippen LogP) is 3.23. The topological polar surface area (TPSA) is 30.5 Å². The lowest BCUT2D eigenvalue weighted by Gasteiger charge is -2.46. The van der Waals surface area contributed by atoms with Gasteiger partial charge in [-0.3, -0.25) is 0 Å². The summed E-state index contributed by atoms with van der Waals surface area (Å²) in [5.41, 5.74) is 0.0757. The Kier molecular flexibility index (Phi) is 5.23. The van der Waals surface area contributed by atoms with Crippen LogP contribution in [0.2, 0.25) is 0 Å². The van der Waals surface area contributed by atoms with Crippen molar-refractivity contribution in [1.82, 2.24) is 5.32 Å². The molecule has 3 rings (SSSR count). The molecule has 0 aromatic carbocycles. The summed E-state index contributed by atoms with van der Waals surface area (Å²) >= 11 is 0. The van der Waals surface area contributed by atoms with Gasteiger partial charge in [-0.05, 0) is 62.9 Å². The van der Waals surface area contributed by atoms with E-state index in [0.29, 0.717) is 0 Å². The summed E-state index contributed by atoms with van der Waals surface area (Å²) in [6, 6.07) is 0. The van der Waals surface area contributed by atoms with Crippen LogP contribution in [0.15, 0.2) is 0 Å². The molecule has 5 atom stereocenters. The molecular weight excluding hydrogens is 262 g/mol. The lowest BCUT2D eigenvalue weighted by Crippen LogP contribution is -2.45. The van der Waals surface area contributed by atoms with Crippen molar-refractivity contribution in [3.05, 3.63) is 0 Å². The van der Waals surface area contributed by atoms with Gasteiger partial charge >= 0.3 is 0 Å². The van der Waals surface area contributed by atoms with Crippen molar-refractivity contribution in [2.45, 2.75) is 57.5 Å². The van der Waals surface area contributed by atoms with E-state index in [1.54, 1.807) is 0 Å². The van der Waals surface area contributed by atoms with Crippen LogP contribution >= 0.6 is 0 Å². The van der Waals surface area contributed by atoms with Crippen molar-refractivity contribution in [2.24, 2.45) is 23.7 Å². The Labute approximate surface area is 130 Å². The number of hydrogen-bond acceptors (Lipinski definition) is 3. The van der Waals surface area contributed by atoms with E-state index < -0.39 is 0 Å². The zero-order valence-electron chi connectivity index (χ0n) is 13.9. The van der Waals surface area contributed by atoms with E-state index in [9.17, 15) is 0 Å². The van der Waals surface area contributed by atoms with Crippen molar-refractivity contribution < 1.29 is 9.47 Å². The number of hydrogen-bond donors (Lipinski definition) is 1. The molecule has 2 heterocycles. The van der Waals surface area contributed by atoms with Gasteiger partial charge in [0.05, 0.1) is 12.2 Å². The van der Waals surface area contributed by atoms with Gasteiger partial charge in [-0.2, -0.15) is 0 Å². The molecule has 1 saturated carbocycles. The Bertz CT molecular complexity index is 327. The summed E-state index contributed by atoms with van der Waals surface area (Å²) in [4.78, 5) is 0. The molecule has 3 aliphatic rings. The second-order valence-electron chi connectivity index (χ2n) is 7.66. The fourth-order valence-electron chi connectivity index (χ4n) is 5.12. The summed E-state index contributed by atoms with van der Waals surface area (Å²) in [6.45, 7) is 6.25. The van der Waals surface area contributed by atoms with E-state index >= 15 is 0 Å². The second kappa shape index (κ2) is 6.97. The highest BCUT2D eigenvalue weighted by Gasteiger charge is 2.45. The lowest BCUT2D eigenvalue weighted by atomic mass is 9.64. The average Bonchev–Trinajstić information content (AvgIpc) is 2.96. The maximum atomic E-state index is 6.16. The lowest BCUT2D eigenvalue weighted by molar-refractivity contribution is -0.114. The van der Waals surface area contributed by atoms with Gasteiger partial charge in [0, 0.05) is 19.6 Å². The zero-order chi connectivity index (χ0) is 14.7. The van der Waals surface area contributed by atoms with E-state index in [1.807, 2.05) is 0 Å². The SMILES string of the molecule is CCC1CCC(CNC)C(C2CCOC3(CCOC3)C2)C1. The first-order chi connectivity index (χ1) is 10.3. The highest BCUT2D eigenvalue weighted by Crippen LogP contribution is 2.46. The summed E-state index contributed by atoms with van der Waals surface area (Å²) in [6.07, 6.45) is 9.30. The molecule has 122 valence electrons. The van der Waals surface area contributed by atoms with Crippen LogP contribution in [0.25, 0.3) is 0 Å². The van der Waals surface area contributed by atoms with Gasteiger partial charge in [0.1, 0.15) is 0 Å². The van der Waals surface area contributed by atoms with Gasteiger partial charge in [-0.25, -0.2) is 0 Å². The molecule has 3 heteroatoms. The Morgan fingerprint density at radius 2 is 2.10 bits per heavy atom. The molecule has 0 radical (unpaired) electrons. The third-order valence-electron chi connectivity index (χ3n) is 6.40. The van der Waals surface area contributed by atoms with Gasteiger partial charge in [-0.15, -0.1) is 0 Å². The molecule has 3 fully saturated rings. The van der Waals surface area contributed by atoms with Gasteiger partial charge in [0.15, 0.2) is 0 Å². The van der Waals surface area contributed by atoms with E-state index in [2.05, 4.69) is 19.3 Å². The monoisotopic (exact) mass is 295 g/mol. The maximum absolute atomic E-state index is 6.16. The number of ether oxygens (including phenoxy) is 2. The highest BCUT2D eigenvalue weighted by molar-refractivity contribution is 4.95. The van der Waals surface area contributed by atoms with Crippen molar-refractivity contribution in [1.29, 1.82) is 0 Å². The average molecular weight is 295 g/mol. The van der Waals surface area contributed by atoms with Crippen molar-refractivity contribution >= 4 is 0 Å². The summed E-state index contributed by atoms with van der Waals surface area (Å²) in [5, 5.41) is 3.44. The van der Waals surface area contributed by atoms with Crippen LogP contribution in [-0.4, -0.2) is 39.0 Å². The van der Waals surface area contributed by atoms with Crippen LogP contribution in [0.3, 0.4) is 0 Å². The molecule has 0 bridgehead atoms. The normalized spacial score (nSPS) is 44.3. The minimum Gasteiger partial charge on any atom is -0.378 e. The second-order valence-corrected chi connectivity index (χ2v) is 7.66. The van der Waals surface area contributed by atoms with E-state index in [0.717, 1.165) is 49.9 Å². The Hall–Kier alpha value is -0.120. The largest absolute Gasteiger partial charge is 0.378 e. The molecule has 2 aliphatic heterocycles. The zero-order valence-corrected chi connectivity index (χ0v) is 13.9. The van der Waals surface area contributed by atoms with Crippen molar-refractivity contribution in [3.8, 4) is 0 Å². The Balaban J connectivity index is 1.68. The van der Waals surface area contributed by atoms with Gasteiger partial charge in [-0.1, -0.05) is 19.8 Å². The molecule has 0 aromatic heterocycles. The van der Waals surface area contributed by atoms with Crippen LogP contribution in [0.4, 0.5) is 0 Å². The first kappa shape index (κ1) is 15.8. The van der Waals surface area contributed by atoms with Crippen LogP contribution < -0.4 is 5.32 Å². The minimum atomic E-state index is 0.0757. The van der Waals surface area contributed by atoms with Crippen LogP contribution in [0, 0.1) is 23.7 Å². The van der Waals surface area contributed by atoms with E-state index in [4.69, 9.17) is 9.47 Å². The smallest absolute Gasteiger partial charge is 0.0939 e. The summed E-state index contributed by atoms with van der Waals surface area (Å²) in [7, 11) is 2.11. The van der Waals surface area contributed by atoms with Gasteiger partial charge in [0.25, 0.3) is 0 Å². The van der Waals surface area contributed by atoms with Crippen molar-refractivity contribution in [3.63, 3.8) is 0 Å². The molecule has 3 nitrogen and oxygen atoms in total. The third kappa shape index (κ3) is 3.46. The summed E-state index contributed by atoms with van der Waals surface area (Å²) in [5.74, 6) is 3.59. The quantitative estimate of drug-likeness (QED) is 0.864. The van der Waals surface area contributed by atoms with E-state index in [-0.39, 0.29) is 5.60 Å². The molecule has 5 unspecified atom stereocenters. The van der Waals surface area contributed by atoms with E-state index in [1.165, 1.54) is 45.1 Å². The maximum Gasteiger partial charge on any atom is 0.0939 e. The minimum absolute atomic E-state index is 0.0757. The van der Waals surface area contributed by atoms with Gasteiger partial charge in [0.2, 0.25) is 0 Å². The Morgan fingerprint density at radius 1 is 1.19 bits per heavy atom. The molecule has 1 aliphatic carbocycles. The Morgan fingerprint density at radius 3 is 2.81 bits per heavy atom. The van der Waals surface area contributed by atoms with Crippen molar-refractivity contribution in [2.75, 3.05) is 33.4 Å². The molecule has 1 spiro atoms. The summed E-state index contributed by atoms with van der Waals surface area (Å²) < 4.78 is 11.8. The molecule has 2 saturated heterocycles. The molecule has 1 N–H and O–H groups in total. The van der Waals surface area contributed by atoms with Gasteiger partial charge < -0.3 is 14.8 Å². The molecule has 21 heavy (non-hydrogen) atoms. The third-order valence-corrected chi connectivity index (χ3v) is 6.40. The van der Waals surface area contributed by atoms with Crippen LogP contribution in [-0.2, 0) is 9.47 Å². The first-order valence-electron chi connectivity index (χ1n) is 9.12. The molecule has 0 aromatic rings. The standard InChI is InChI=1S/C18H33NO2/c1-3-14-4-5-16(12-19-2)17(10-14)15-6-8-21-18(11-15)7-9-20-13-18/h14-17,19H,3-13H2,1-2H3. The molecular formula is C18H33NO2. The fourth-order valence-corrected chi connectivity index (χ4v) is 5.12. The predicted molar refractivity (Wildman–Crippen MR) is 85.4 cm³/mol. The molecule has 0 amide bonds. The van der Waals surface area contributed by atoms with Crippen LogP contribution in [0.5, 0.6) is 0 Å².